The van der Waals surface area contributed by atoms with Gasteiger partial charge in [0.25, 0.3) is 0 Å². The molecule has 0 aliphatic heterocycles. The zero-order valence-corrected chi connectivity index (χ0v) is 17.8. The van der Waals surface area contributed by atoms with Gasteiger partial charge < -0.3 is 0 Å². The van der Waals surface area contributed by atoms with Gasteiger partial charge in [0.05, 0.1) is 0 Å². The monoisotopic (exact) mass is 386 g/mol. The Balaban J connectivity index is 0.000000444. The van der Waals surface area contributed by atoms with Crippen LogP contribution in [0.3, 0.4) is 0 Å². The minimum absolute atomic E-state index is 0.964. The molecule has 0 saturated heterocycles. The van der Waals surface area contributed by atoms with Gasteiger partial charge in [0.15, 0.2) is 0 Å². The second-order valence-electron chi connectivity index (χ2n) is 6.43. The molecule has 0 spiro atoms. The van der Waals surface area contributed by atoms with E-state index in [9.17, 15) is 0 Å². The molecule has 0 heterocycles. The van der Waals surface area contributed by atoms with Crippen LogP contribution < -0.4 is 0 Å². The van der Waals surface area contributed by atoms with Crippen LogP contribution in [0.15, 0.2) is 6.07 Å². The zero-order chi connectivity index (χ0) is 15.3. The summed E-state index contributed by atoms with van der Waals surface area (Å²) in [5.41, 5.74) is 6.75. The Morgan fingerprint density at radius 1 is 1.20 bits per heavy atom. The van der Waals surface area contributed by atoms with Crippen molar-refractivity contribution in [3.05, 3.63) is 28.3 Å². The minimum atomic E-state index is -1.92. The molecule has 1 aliphatic rings. The molecule has 0 saturated carbocycles. The van der Waals surface area contributed by atoms with E-state index in [1.807, 2.05) is 0 Å². The molecule has 0 bridgehead atoms. The predicted molar refractivity (Wildman–Crippen MR) is 92.6 cm³/mol. The fourth-order valence-corrected chi connectivity index (χ4v) is 4.53. The Kier molecular flexibility index (Phi) is 8.35. The first-order valence-corrected chi connectivity index (χ1v) is 17.2. The molecule has 0 aromatic heterocycles. The van der Waals surface area contributed by atoms with Crippen LogP contribution in [0.4, 0.5) is 0 Å². The molecule has 20 heavy (non-hydrogen) atoms. The summed E-state index contributed by atoms with van der Waals surface area (Å²) in [4.78, 5) is 0. The van der Waals surface area contributed by atoms with E-state index in [1.54, 1.807) is 22.3 Å². The summed E-state index contributed by atoms with van der Waals surface area (Å²) in [5.74, 6) is 0. The van der Waals surface area contributed by atoms with Crippen molar-refractivity contribution >= 4 is 36.0 Å². The van der Waals surface area contributed by atoms with Gasteiger partial charge in [0.2, 0.25) is 0 Å². The third-order valence-corrected chi connectivity index (χ3v) is 7.60. The first kappa shape index (κ1) is 19.2. The molecule has 1 aromatic carbocycles. The van der Waals surface area contributed by atoms with Crippen molar-refractivity contribution in [2.75, 3.05) is 0 Å². The summed E-state index contributed by atoms with van der Waals surface area (Å²) in [6, 6.07) is 5.31. The normalized spacial score (nSPS) is 14.3. The van der Waals surface area contributed by atoms with Gasteiger partial charge in [-0.25, -0.2) is 0 Å². The average molecular weight is 388 g/mol. The fourth-order valence-electron chi connectivity index (χ4n) is 2.93. The summed E-state index contributed by atoms with van der Waals surface area (Å²) >= 11 is -1.92. The summed E-state index contributed by atoms with van der Waals surface area (Å²) in [6.45, 7) is 9.75. The van der Waals surface area contributed by atoms with E-state index >= 15 is 0 Å². The zero-order valence-electron chi connectivity index (χ0n) is 13.0. The molecule has 2 rings (SSSR count). The number of rotatable bonds is 3. The van der Waals surface area contributed by atoms with Gasteiger partial charge in [0, 0.05) is 8.07 Å². The van der Waals surface area contributed by atoms with E-state index in [4.69, 9.17) is 27.9 Å². The molecule has 0 radical (unpaired) electrons. The molecule has 1 aliphatic carbocycles. The van der Waals surface area contributed by atoms with Crippen molar-refractivity contribution in [1.29, 1.82) is 0 Å². The molecule has 5 heteroatoms. The third-order valence-electron chi connectivity index (χ3n) is 4.35. The number of aryl methyl sites for hydroxylation is 1. The van der Waals surface area contributed by atoms with E-state index in [1.165, 1.54) is 37.8 Å². The van der Waals surface area contributed by atoms with Gasteiger partial charge in [-0.3, -0.25) is 0 Å². The first-order chi connectivity index (χ1) is 9.26. The van der Waals surface area contributed by atoms with Crippen LogP contribution in [-0.2, 0) is 33.6 Å². The van der Waals surface area contributed by atoms with E-state index in [0.717, 1.165) is 0 Å². The number of fused-ring (bicyclic) bond motifs is 1. The molecule has 1 aromatic rings. The third kappa shape index (κ3) is 6.10. The summed E-state index contributed by atoms with van der Waals surface area (Å²) in [6.07, 6.45) is 5.52. The first-order valence-electron chi connectivity index (χ1n) is 7.37. The van der Waals surface area contributed by atoms with Crippen molar-refractivity contribution in [2.45, 2.75) is 64.7 Å². The van der Waals surface area contributed by atoms with Crippen molar-refractivity contribution in [3.8, 4) is 0 Å². The quantitative estimate of drug-likeness (QED) is 0.412. The molecule has 0 N–H and O–H groups in total. The van der Waals surface area contributed by atoms with Crippen LogP contribution in [0.2, 0.25) is 19.1 Å². The van der Waals surface area contributed by atoms with Crippen LogP contribution in [0.1, 0.15) is 42.0 Å². The number of hydrogen-bond acceptors (Lipinski definition) is 0. The fraction of sp³-hybridized carbons (Fsp3) is 0.667. The molecule has 0 amide bonds. The van der Waals surface area contributed by atoms with Gasteiger partial charge in [-0.1, -0.05) is 64.7 Å². The predicted octanol–water partition coefficient (Wildman–Crippen LogP) is 6.47. The molecule has 0 nitrogen and oxygen atoms in total. The van der Waals surface area contributed by atoms with Crippen LogP contribution in [0.25, 0.3) is 0 Å². The molecule has 0 unspecified atom stereocenters. The standard InChI is InChI=1S/C15H25Si.3ClH.Ti/c1-5-16(3,4)11-13-10-12(2)14-8-6-7-9-15(13)14;;;;/h10H,5-9,11H2,1-4H3;3*1H;/q-1;;;;+4/p-3. The van der Waals surface area contributed by atoms with Crippen molar-refractivity contribution < 1.29 is 14.7 Å². The molecule has 0 atom stereocenters. The van der Waals surface area contributed by atoms with E-state index < -0.39 is 22.8 Å². The Morgan fingerprint density at radius 3 is 2.30 bits per heavy atom. The summed E-state index contributed by atoms with van der Waals surface area (Å²) in [7, 11) is 14.0. The van der Waals surface area contributed by atoms with Gasteiger partial charge in [-0.05, 0) is 0 Å². The molecular weight excluding hydrogens is 362 g/mol. The molecular formula is C15H25Cl3SiTi. The molecule has 114 valence electrons. The van der Waals surface area contributed by atoms with E-state index in [0.29, 0.717) is 0 Å². The van der Waals surface area contributed by atoms with Crippen LogP contribution >= 0.6 is 27.9 Å². The van der Waals surface area contributed by atoms with Gasteiger partial charge in [0.1, 0.15) is 0 Å². The molecule has 0 fully saturated rings. The maximum atomic E-state index is 4.97. The van der Waals surface area contributed by atoms with Gasteiger partial charge in [-0.2, -0.15) is 28.3 Å². The van der Waals surface area contributed by atoms with E-state index in [-0.39, 0.29) is 0 Å². The SMILES string of the molecule is CC[Si](C)(C)C[c-]1cc(C)c2c1CCCC2.[Cl][Ti+]([Cl])[Cl]. The van der Waals surface area contributed by atoms with Crippen LogP contribution in [0, 0.1) is 6.92 Å². The van der Waals surface area contributed by atoms with Gasteiger partial charge >= 0.3 is 42.6 Å². The topological polar surface area (TPSA) is 0 Å². The Hall–Kier alpha value is 1.15. The number of hydrogen-bond donors (Lipinski definition) is 0. The maximum absolute atomic E-state index is 4.97. The van der Waals surface area contributed by atoms with Gasteiger partial charge in [-0.15, -0.1) is 0 Å². The van der Waals surface area contributed by atoms with E-state index in [2.05, 4.69) is 33.0 Å². The van der Waals surface area contributed by atoms with Crippen LogP contribution in [-0.4, -0.2) is 8.07 Å². The Morgan fingerprint density at radius 2 is 1.75 bits per heavy atom. The summed E-state index contributed by atoms with van der Waals surface area (Å²) < 4.78 is 0. The Bertz CT molecular complexity index is 424. The Labute approximate surface area is 143 Å². The van der Waals surface area contributed by atoms with Crippen molar-refractivity contribution in [1.82, 2.24) is 0 Å². The second-order valence-corrected chi connectivity index (χ2v) is 19.6. The van der Waals surface area contributed by atoms with Crippen molar-refractivity contribution in [2.24, 2.45) is 0 Å². The average Bonchev–Trinajstić information content (AvgIpc) is 2.66. The van der Waals surface area contributed by atoms with Crippen molar-refractivity contribution in [3.63, 3.8) is 0 Å². The number of halogens is 3. The summed E-state index contributed by atoms with van der Waals surface area (Å²) in [5, 5.41) is 0. The van der Waals surface area contributed by atoms with Crippen LogP contribution in [0.5, 0.6) is 0 Å². The second kappa shape index (κ2) is 8.70.